The van der Waals surface area contributed by atoms with Crippen LogP contribution in [0.25, 0.3) is 0 Å². The predicted molar refractivity (Wildman–Crippen MR) is 58.8 cm³/mol. The summed E-state index contributed by atoms with van der Waals surface area (Å²) in [5.74, 6) is -0.907. The van der Waals surface area contributed by atoms with Crippen molar-refractivity contribution in [3.05, 3.63) is 29.3 Å². The normalized spacial score (nSPS) is 9.59. The zero-order valence-corrected chi connectivity index (χ0v) is 9.56. The smallest absolute Gasteiger partial charge is 0.341 e. The molecule has 0 heterocycles. The van der Waals surface area contributed by atoms with Crippen LogP contribution in [0.3, 0.4) is 0 Å². The maximum absolute atomic E-state index is 11.4. The van der Waals surface area contributed by atoms with Crippen LogP contribution < -0.4 is 10.5 Å². The molecule has 1 aromatic carbocycles. The SMILES string of the molecule is COC(=O)c1ccc(C(=O)OC)c(OCN)c1. The zero-order valence-electron chi connectivity index (χ0n) is 9.56. The first-order valence-corrected chi connectivity index (χ1v) is 4.77. The Morgan fingerprint density at radius 1 is 1.18 bits per heavy atom. The average molecular weight is 239 g/mol. The van der Waals surface area contributed by atoms with Gasteiger partial charge in [-0.1, -0.05) is 0 Å². The molecule has 2 N–H and O–H groups in total. The van der Waals surface area contributed by atoms with E-state index in [1.807, 2.05) is 0 Å². The number of carbonyl (C=O) groups is 2. The molecule has 0 fully saturated rings. The Hall–Kier alpha value is -2.08. The molecule has 0 saturated carbocycles. The first-order valence-electron chi connectivity index (χ1n) is 4.77. The lowest BCUT2D eigenvalue weighted by Crippen LogP contribution is -2.13. The molecule has 0 aliphatic rings. The second kappa shape index (κ2) is 5.86. The highest BCUT2D eigenvalue weighted by molar-refractivity contribution is 5.96. The first kappa shape index (κ1) is 13.0. The summed E-state index contributed by atoms with van der Waals surface area (Å²) in [6, 6.07) is 4.25. The quantitative estimate of drug-likeness (QED) is 0.610. The van der Waals surface area contributed by atoms with Gasteiger partial charge in [0.05, 0.1) is 19.8 Å². The van der Waals surface area contributed by atoms with Gasteiger partial charge in [0.1, 0.15) is 18.0 Å². The van der Waals surface area contributed by atoms with Crippen molar-refractivity contribution in [2.24, 2.45) is 5.73 Å². The summed E-state index contributed by atoms with van der Waals surface area (Å²) < 4.78 is 14.2. The van der Waals surface area contributed by atoms with E-state index in [1.165, 1.54) is 32.4 Å². The Balaban J connectivity index is 3.16. The van der Waals surface area contributed by atoms with Crippen LogP contribution in [0.1, 0.15) is 20.7 Å². The maximum Gasteiger partial charge on any atom is 0.341 e. The number of rotatable bonds is 4. The second-order valence-corrected chi connectivity index (χ2v) is 3.01. The molecule has 0 amide bonds. The topological polar surface area (TPSA) is 87.9 Å². The maximum atomic E-state index is 11.4. The van der Waals surface area contributed by atoms with Gasteiger partial charge in [-0.25, -0.2) is 9.59 Å². The fraction of sp³-hybridized carbons (Fsp3) is 0.273. The van der Waals surface area contributed by atoms with Crippen molar-refractivity contribution in [3.8, 4) is 5.75 Å². The molecule has 0 unspecified atom stereocenters. The van der Waals surface area contributed by atoms with E-state index < -0.39 is 11.9 Å². The van der Waals surface area contributed by atoms with Gasteiger partial charge in [-0.05, 0) is 18.2 Å². The Morgan fingerprint density at radius 2 is 1.82 bits per heavy atom. The zero-order chi connectivity index (χ0) is 12.8. The standard InChI is InChI=1S/C11H13NO5/c1-15-10(13)7-3-4-8(11(14)16-2)9(5-7)17-6-12/h3-5H,6,12H2,1-2H3. The highest BCUT2D eigenvalue weighted by Gasteiger charge is 2.16. The lowest BCUT2D eigenvalue weighted by Gasteiger charge is -2.09. The van der Waals surface area contributed by atoms with Crippen LogP contribution in [0.5, 0.6) is 5.75 Å². The molecule has 0 aliphatic heterocycles. The molecular formula is C11H13NO5. The highest BCUT2D eigenvalue weighted by Crippen LogP contribution is 2.21. The summed E-state index contributed by atoms with van der Waals surface area (Å²) in [5, 5.41) is 0. The van der Waals surface area contributed by atoms with Gasteiger partial charge in [-0.2, -0.15) is 0 Å². The fourth-order valence-electron chi connectivity index (χ4n) is 1.25. The molecule has 1 rings (SSSR count). The molecule has 0 bridgehead atoms. The van der Waals surface area contributed by atoms with Crippen molar-refractivity contribution < 1.29 is 23.8 Å². The highest BCUT2D eigenvalue weighted by atomic mass is 16.5. The van der Waals surface area contributed by atoms with Gasteiger partial charge in [-0.15, -0.1) is 0 Å². The van der Waals surface area contributed by atoms with Crippen LogP contribution in [0.4, 0.5) is 0 Å². The number of hydrogen-bond acceptors (Lipinski definition) is 6. The van der Waals surface area contributed by atoms with Crippen LogP contribution in [0.2, 0.25) is 0 Å². The van der Waals surface area contributed by atoms with Crippen molar-refractivity contribution >= 4 is 11.9 Å². The van der Waals surface area contributed by atoms with Gasteiger partial charge >= 0.3 is 11.9 Å². The number of nitrogens with two attached hydrogens (primary N) is 1. The van der Waals surface area contributed by atoms with E-state index in [2.05, 4.69) is 9.47 Å². The Morgan fingerprint density at radius 3 is 2.35 bits per heavy atom. The van der Waals surface area contributed by atoms with Crippen molar-refractivity contribution in [2.45, 2.75) is 0 Å². The van der Waals surface area contributed by atoms with Crippen molar-refractivity contribution in [3.63, 3.8) is 0 Å². The molecule has 0 radical (unpaired) electrons. The molecular weight excluding hydrogens is 226 g/mol. The van der Waals surface area contributed by atoms with Gasteiger partial charge in [0, 0.05) is 0 Å². The van der Waals surface area contributed by atoms with Gasteiger partial charge in [0.15, 0.2) is 0 Å². The first-order chi connectivity index (χ1) is 8.13. The minimum absolute atomic E-state index is 0.116. The molecule has 0 spiro atoms. The van der Waals surface area contributed by atoms with Crippen LogP contribution >= 0.6 is 0 Å². The van der Waals surface area contributed by atoms with Gasteiger partial charge in [0.2, 0.25) is 0 Å². The molecule has 6 heteroatoms. The molecule has 0 atom stereocenters. The molecule has 0 aliphatic carbocycles. The molecule has 0 aromatic heterocycles. The molecule has 6 nitrogen and oxygen atoms in total. The fourth-order valence-corrected chi connectivity index (χ4v) is 1.25. The third kappa shape index (κ3) is 2.94. The van der Waals surface area contributed by atoms with Gasteiger partial charge in [0.25, 0.3) is 0 Å². The lowest BCUT2D eigenvalue weighted by atomic mass is 10.1. The van der Waals surface area contributed by atoms with Crippen LogP contribution in [0, 0.1) is 0 Å². The Bertz CT molecular complexity index is 430. The largest absolute Gasteiger partial charge is 0.478 e. The van der Waals surface area contributed by atoms with Gasteiger partial charge < -0.3 is 14.2 Å². The van der Waals surface area contributed by atoms with E-state index in [0.717, 1.165) is 0 Å². The summed E-state index contributed by atoms with van der Waals surface area (Å²) in [6.45, 7) is -0.116. The third-order valence-electron chi connectivity index (χ3n) is 2.05. The van der Waals surface area contributed by atoms with Crippen molar-refractivity contribution in [1.29, 1.82) is 0 Å². The summed E-state index contributed by atoms with van der Waals surface area (Å²) in [6.07, 6.45) is 0. The van der Waals surface area contributed by atoms with Crippen molar-refractivity contribution in [2.75, 3.05) is 21.0 Å². The summed E-state index contributed by atoms with van der Waals surface area (Å²) in [4.78, 5) is 22.7. The summed E-state index contributed by atoms with van der Waals surface area (Å²) in [5.41, 5.74) is 5.71. The van der Waals surface area contributed by atoms with Crippen LogP contribution in [-0.4, -0.2) is 32.9 Å². The number of hydrogen-bond donors (Lipinski definition) is 1. The van der Waals surface area contributed by atoms with Crippen molar-refractivity contribution in [1.82, 2.24) is 0 Å². The average Bonchev–Trinajstić information content (AvgIpc) is 2.37. The van der Waals surface area contributed by atoms with E-state index in [9.17, 15) is 9.59 Å². The second-order valence-electron chi connectivity index (χ2n) is 3.01. The molecule has 17 heavy (non-hydrogen) atoms. The van der Waals surface area contributed by atoms with E-state index >= 15 is 0 Å². The summed E-state index contributed by atoms with van der Waals surface area (Å²) >= 11 is 0. The van der Waals surface area contributed by atoms with E-state index in [1.54, 1.807) is 0 Å². The Kier molecular flexibility index (Phi) is 4.47. The molecule has 1 aromatic rings. The Labute approximate surface area is 98.3 Å². The van der Waals surface area contributed by atoms with E-state index in [-0.39, 0.29) is 23.6 Å². The van der Waals surface area contributed by atoms with Crippen LogP contribution in [0.15, 0.2) is 18.2 Å². The third-order valence-corrected chi connectivity index (χ3v) is 2.05. The monoisotopic (exact) mass is 239 g/mol. The summed E-state index contributed by atoms with van der Waals surface area (Å²) in [7, 11) is 2.52. The predicted octanol–water partition coefficient (Wildman–Crippen LogP) is 0.555. The van der Waals surface area contributed by atoms with Crippen LogP contribution in [-0.2, 0) is 9.47 Å². The number of benzene rings is 1. The number of carbonyl (C=O) groups excluding carboxylic acids is 2. The minimum Gasteiger partial charge on any atom is -0.478 e. The van der Waals surface area contributed by atoms with Gasteiger partial charge in [-0.3, -0.25) is 5.73 Å². The van der Waals surface area contributed by atoms with E-state index in [0.29, 0.717) is 0 Å². The molecule has 0 saturated heterocycles. The van der Waals surface area contributed by atoms with E-state index in [4.69, 9.17) is 10.5 Å². The number of methoxy groups -OCH3 is 2. The number of ether oxygens (including phenoxy) is 3. The molecule has 92 valence electrons. The number of esters is 2. The minimum atomic E-state index is -0.565. The lowest BCUT2D eigenvalue weighted by molar-refractivity contribution is 0.0582.